The van der Waals surface area contributed by atoms with Crippen LogP contribution in [0.3, 0.4) is 0 Å². The Morgan fingerprint density at radius 3 is 3.06 bits per heavy atom. The molecular formula is C13H14FN3O. The summed E-state index contributed by atoms with van der Waals surface area (Å²) in [6, 6.07) is 6.34. The maximum Gasteiger partial charge on any atom is 0.244 e. The Morgan fingerprint density at radius 2 is 2.28 bits per heavy atom. The Bertz CT molecular complexity index is 535. The van der Waals surface area contributed by atoms with Crippen molar-refractivity contribution in [1.29, 1.82) is 0 Å². The molecule has 0 amide bonds. The van der Waals surface area contributed by atoms with E-state index in [-0.39, 0.29) is 11.9 Å². The van der Waals surface area contributed by atoms with Gasteiger partial charge in [0.25, 0.3) is 0 Å². The minimum Gasteiger partial charge on any atom is -0.337 e. The third-order valence-corrected chi connectivity index (χ3v) is 3.13. The smallest absolute Gasteiger partial charge is 0.244 e. The van der Waals surface area contributed by atoms with Gasteiger partial charge >= 0.3 is 0 Å². The van der Waals surface area contributed by atoms with Gasteiger partial charge in [0.15, 0.2) is 0 Å². The molecule has 0 saturated carbocycles. The van der Waals surface area contributed by atoms with E-state index in [1.54, 1.807) is 12.1 Å². The van der Waals surface area contributed by atoms with E-state index in [0.717, 1.165) is 19.4 Å². The first kappa shape index (κ1) is 11.3. The largest absolute Gasteiger partial charge is 0.337 e. The number of nitrogens with one attached hydrogen (secondary N) is 1. The second kappa shape index (κ2) is 4.86. The van der Waals surface area contributed by atoms with Gasteiger partial charge in [0.05, 0.1) is 6.04 Å². The summed E-state index contributed by atoms with van der Waals surface area (Å²) in [7, 11) is 0. The summed E-state index contributed by atoms with van der Waals surface area (Å²) in [6.07, 6.45) is 3.35. The molecule has 0 aliphatic carbocycles. The molecule has 1 fully saturated rings. The molecule has 1 aliphatic heterocycles. The Kier molecular flexibility index (Phi) is 3.06. The Balaban J connectivity index is 1.84. The number of hydrogen-bond acceptors (Lipinski definition) is 4. The highest BCUT2D eigenvalue weighted by molar-refractivity contribution is 5.53. The first-order valence-corrected chi connectivity index (χ1v) is 6.16. The monoisotopic (exact) mass is 247 g/mol. The Morgan fingerprint density at radius 1 is 1.33 bits per heavy atom. The van der Waals surface area contributed by atoms with Gasteiger partial charge in [-0.1, -0.05) is 23.7 Å². The van der Waals surface area contributed by atoms with Crippen LogP contribution in [-0.4, -0.2) is 16.7 Å². The quantitative estimate of drug-likeness (QED) is 0.886. The standard InChI is InChI=1S/C13H14FN3O/c14-10-5-3-4-9(8-10)12-16-13(18-17-12)11-6-1-2-7-15-11/h3-5,8,11,15H,1-2,6-7H2/t11-/m1/s1. The average Bonchev–Trinajstić information content (AvgIpc) is 2.89. The van der Waals surface area contributed by atoms with Crippen molar-refractivity contribution in [3.63, 3.8) is 0 Å². The van der Waals surface area contributed by atoms with E-state index in [1.807, 2.05) is 0 Å². The molecule has 1 aliphatic rings. The summed E-state index contributed by atoms with van der Waals surface area (Å²) in [5, 5.41) is 7.25. The highest BCUT2D eigenvalue weighted by Gasteiger charge is 2.21. The molecule has 2 aromatic rings. The van der Waals surface area contributed by atoms with E-state index in [2.05, 4.69) is 15.5 Å². The Hall–Kier alpha value is -1.75. The van der Waals surface area contributed by atoms with E-state index in [9.17, 15) is 4.39 Å². The van der Waals surface area contributed by atoms with Gasteiger partial charge in [0.2, 0.25) is 11.7 Å². The van der Waals surface area contributed by atoms with Gasteiger partial charge in [-0.25, -0.2) is 4.39 Å². The van der Waals surface area contributed by atoms with E-state index >= 15 is 0 Å². The van der Waals surface area contributed by atoms with E-state index in [1.165, 1.54) is 18.6 Å². The van der Waals surface area contributed by atoms with Crippen LogP contribution in [0.1, 0.15) is 31.2 Å². The summed E-state index contributed by atoms with van der Waals surface area (Å²) in [6.45, 7) is 0.975. The van der Waals surface area contributed by atoms with Gasteiger partial charge in [-0.2, -0.15) is 4.98 Å². The van der Waals surface area contributed by atoms with Crippen LogP contribution in [0, 0.1) is 5.82 Å². The predicted molar refractivity (Wildman–Crippen MR) is 64.3 cm³/mol. The molecule has 3 rings (SSSR count). The fourth-order valence-electron chi connectivity index (χ4n) is 2.18. The van der Waals surface area contributed by atoms with Gasteiger partial charge in [-0.05, 0) is 31.5 Å². The number of benzene rings is 1. The maximum atomic E-state index is 13.1. The summed E-state index contributed by atoms with van der Waals surface area (Å²) in [5.41, 5.74) is 0.640. The van der Waals surface area contributed by atoms with Gasteiger partial charge in [0.1, 0.15) is 5.82 Å². The molecule has 5 heteroatoms. The third kappa shape index (κ3) is 2.26. The SMILES string of the molecule is Fc1cccc(-c2noc([C@H]3CCCCN3)n2)c1. The molecule has 1 aromatic heterocycles. The first-order chi connectivity index (χ1) is 8.83. The van der Waals surface area contributed by atoms with Crippen molar-refractivity contribution in [2.24, 2.45) is 0 Å². The lowest BCUT2D eigenvalue weighted by Crippen LogP contribution is -2.26. The molecule has 94 valence electrons. The van der Waals surface area contributed by atoms with E-state index < -0.39 is 0 Å². The maximum absolute atomic E-state index is 13.1. The van der Waals surface area contributed by atoms with Crippen molar-refractivity contribution in [3.8, 4) is 11.4 Å². The average molecular weight is 247 g/mol. The molecule has 1 saturated heterocycles. The van der Waals surface area contributed by atoms with Crippen LogP contribution >= 0.6 is 0 Å². The van der Waals surface area contributed by atoms with Crippen molar-refractivity contribution < 1.29 is 8.91 Å². The topological polar surface area (TPSA) is 51.0 Å². The highest BCUT2D eigenvalue weighted by Crippen LogP contribution is 2.24. The molecule has 1 aromatic carbocycles. The van der Waals surface area contributed by atoms with Crippen molar-refractivity contribution in [2.75, 3.05) is 6.54 Å². The third-order valence-electron chi connectivity index (χ3n) is 3.13. The number of rotatable bonds is 2. The van der Waals surface area contributed by atoms with Crippen molar-refractivity contribution in [2.45, 2.75) is 25.3 Å². The van der Waals surface area contributed by atoms with Gasteiger partial charge in [0, 0.05) is 5.56 Å². The van der Waals surface area contributed by atoms with Crippen LogP contribution in [0.15, 0.2) is 28.8 Å². The van der Waals surface area contributed by atoms with E-state index in [0.29, 0.717) is 17.3 Å². The van der Waals surface area contributed by atoms with Crippen molar-refractivity contribution in [3.05, 3.63) is 36.0 Å². The lowest BCUT2D eigenvalue weighted by molar-refractivity contribution is 0.297. The lowest BCUT2D eigenvalue weighted by atomic mass is 10.1. The normalized spacial score (nSPS) is 19.9. The molecule has 0 radical (unpaired) electrons. The first-order valence-electron chi connectivity index (χ1n) is 6.16. The molecule has 0 bridgehead atoms. The van der Waals surface area contributed by atoms with Gasteiger partial charge in [-0.3, -0.25) is 0 Å². The molecule has 0 spiro atoms. The minimum absolute atomic E-state index is 0.133. The molecular weight excluding hydrogens is 233 g/mol. The zero-order valence-corrected chi connectivity index (χ0v) is 9.90. The number of piperidine rings is 1. The number of aromatic nitrogens is 2. The molecule has 18 heavy (non-hydrogen) atoms. The fourth-order valence-corrected chi connectivity index (χ4v) is 2.18. The molecule has 2 heterocycles. The second-order valence-corrected chi connectivity index (χ2v) is 4.47. The van der Waals surface area contributed by atoms with Crippen molar-refractivity contribution >= 4 is 0 Å². The van der Waals surface area contributed by atoms with Crippen LogP contribution in [0.4, 0.5) is 4.39 Å². The summed E-state index contributed by atoms with van der Waals surface area (Å²) < 4.78 is 18.4. The summed E-state index contributed by atoms with van der Waals surface area (Å²) in [5.74, 6) is 0.737. The number of hydrogen-bond donors (Lipinski definition) is 1. The summed E-state index contributed by atoms with van der Waals surface area (Å²) >= 11 is 0. The zero-order chi connectivity index (χ0) is 12.4. The van der Waals surface area contributed by atoms with Crippen LogP contribution in [0.5, 0.6) is 0 Å². The predicted octanol–water partition coefficient (Wildman–Crippen LogP) is 2.69. The molecule has 1 atom stereocenters. The molecule has 1 N–H and O–H groups in total. The van der Waals surface area contributed by atoms with Crippen molar-refractivity contribution in [1.82, 2.24) is 15.5 Å². The second-order valence-electron chi connectivity index (χ2n) is 4.47. The van der Waals surface area contributed by atoms with Gasteiger partial charge < -0.3 is 9.84 Å². The Labute approximate surface area is 104 Å². The zero-order valence-electron chi connectivity index (χ0n) is 9.90. The highest BCUT2D eigenvalue weighted by atomic mass is 19.1. The van der Waals surface area contributed by atoms with Crippen LogP contribution in [0.25, 0.3) is 11.4 Å². The van der Waals surface area contributed by atoms with Crippen LogP contribution in [0.2, 0.25) is 0 Å². The van der Waals surface area contributed by atoms with Crippen LogP contribution in [-0.2, 0) is 0 Å². The number of halogens is 1. The number of nitrogens with zero attached hydrogens (tertiary/aromatic N) is 2. The van der Waals surface area contributed by atoms with Gasteiger partial charge in [-0.15, -0.1) is 0 Å². The molecule has 0 unspecified atom stereocenters. The minimum atomic E-state index is -0.297. The summed E-state index contributed by atoms with van der Waals surface area (Å²) in [4.78, 5) is 4.34. The fraction of sp³-hybridized carbons (Fsp3) is 0.385. The van der Waals surface area contributed by atoms with Crippen LogP contribution < -0.4 is 5.32 Å². The lowest BCUT2D eigenvalue weighted by Gasteiger charge is -2.19. The van der Waals surface area contributed by atoms with E-state index in [4.69, 9.17) is 4.52 Å². The molecule has 4 nitrogen and oxygen atoms in total.